The number of pyridine rings is 1. The van der Waals surface area contributed by atoms with Gasteiger partial charge in [-0.3, -0.25) is 4.98 Å². The third-order valence-electron chi connectivity index (χ3n) is 2.93. The van der Waals surface area contributed by atoms with E-state index in [0.29, 0.717) is 23.2 Å². The summed E-state index contributed by atoms with van der Waals surface area (Å²) in [5.74, 6) is 1.78. The standard InChI is InChI=1S/C15H14N4OS/c1-10-2-4-11(5-3-10)15-18-14(19-20-15)9-21-13-6-7-17-8-12(13)16/h2-8H,9,16H2,1H3. The van der Waals surface area contributed by atoms with Gasteiger partial charge in [-0.05, 0) is 25.1 Å². The minimum atomic E-state index is 0.535. The van der Waals surface area contributed by atoms with E-state index < -0.39 is 0 Å². The van der Waals surface area contributed by atoms with E-state index in [9.17, 15) is 0 Å². The summed E-state index contributed by atoms with van der Waals surface area (Å²) in [6.45, 7) is 2.04. The van der Waals surface area contributed by atoms with Gasteiger partial charge in [-0.2, -0.15) is 4.98 Å². The van der Waals surface area contributed by atoms with Gasteiger partial charge in [-0.1, -0.05) is 22.9 Å². The Hall–Kier alpha value is -2.34. The molecule has 0 amide bonds. The highest BCUT2D eigenvalue weighted by Crippen LogP contribution is 2.27. The molecule has 0 bridgehead atoms. The largest absolute Gasteiger partial charge is 0.397 e. The molecule has 0 aliphatic rings. The quantitative estimate of drug-likeness (QED) is 0.744. The summed E-state index contributed by atoms with van der Waals surface area (Å²) >= 11 is 1.56. The Morgan fingerprint density at radius 2 is 2.00 bits per heavy atom. The van der Waals surface area contributed by atoms with Crippen LogP contribution in [0.15, 0.2) is 52.1 Å². The number of benzene rings is 1. The molecule has 2 aromatic heterocycles. The third kappa shape index (κ3) is 3.22. The minimum absolute atomic E-state index is 0.535. The Morgan fingerprint density at radius 3 is 2.76 bits per heavy atom. The fraction of sp³-hybridized carbons (Fsp3) is 0.133. The SMILES string of the molecule is Cc1ccc(-c2nc(CSc3ccncc3N)no2)cc1. The molecule has 3 aromatic rings. The van der Waals surface area contributed by atoms with E-state index in [4.69, 9.17) is 10.3 Å². The first-order valence-corrected chi connectivity index (χ1v) is 7.43. The van der Waals surface area contributed by atoms with Crippen molar-refractivity contribution in [3.8, 4) is 11.5 Å². The predicted molar refractivity (Wildman–Crippen MR) is 82.7 cm³/mol. The van der Waals surface area contributed by atoms with Gasteiger partial charge < -0.3 is 10.3 Å². The molecule has 0 fully saturated rings. The minimum Gasteiger partial charge on any atom is -0.397 e. The molecule has 2 heterocycles. The molecule has 0 atom stereocenters. The maximum absolute atomic E-state index is 5.85. The monoisotopic (exact) mass is 298 g/mol. The van der Waals surface area contributed by atoms with E-state index >= 15 is 0 Å². The van der Waals surface area contributed by atoms with E-state index in [1.807, 2.05) is 37.3 Å². The first-order valence-electron chi connectivity index (χ1n) is 6.44. The number of rotatable bonds is 4. The van der Waals surface area contributed by atoms with E-state index in [-0.39, 0.29) is 0 Å². The highest BCUT2D eigenvalue weighted by atomic mass is 32.2. The van der Waals surface area contributed by atoms with Crippen LogP contribution in [0.4, 0.5) is 5.69 Å². The molecule has 0 saturated heterocycles. The van der Waals surface area contributed by atoms with Crippen molar-refractivity contribution in [3.05, 3.63) is 54.1 Å². The Bertz CT molecular complexity index is 739. The van der Waals surface area contributed by atoms with Gasteiger partial charge >= 0.3 is 0 Å². The van der Waals surface area contributed by atoms with Gasteiger partial charge in [0, 0.05) is 16.7 Å². The van der Waals surface area contributed by atoms with E-state index in [1.165, 1.54) is 5.56 Å². The molecule has 5 nitrogen and oxygen atoms in total. The molecule has 6 heteroatoms. The maximum Gasteiger partial charge on any atom is 0.257 e. The number of nitrogens with two attached hydrogens (primary N) is 1. The molecular formula is C15H14N4OS. The first-order chi connectivity index (χ1) is 10.2. The average Bonchev–Trinajstić information content (AvgIpc) is 2.96. The van der Waals surface area contributed by atoms with Crippen LogP contribution in [0.2, 0.25) is 0 Å². The van der Waals surface area contributed by atoms with Crippen LogP contribution in [-0.2, 0) is 5.75 Å². The molecule has 1 aromatic carbocycles. The fourth-order valence-electron chi connectivity index (χ4n) is 1.79. The zero-order chi connectivity index (χ0) is 14.7. The van der Waals surface area contributed by atoms with Crippen molar-refractivity contribution < 1.29 is 4.52 Å². The zero-order valence-corrected chi connectivity index (χ0v) is 12.3. The molecule has 0 unspecified atom stereocenters. The third-order valence-corrected chi connectivity index (χ3v) is 4.02. The van der Waals surface area contributed by atoms with E-state index in [1.54, 1.807) is 24.2 Å². The van der Waals surface area contributed by atoms with E-state index in [2.05, 4.69) is 15.1 Å². The summed E-state index contributed by atoms with van der Waals surface area (Å²) in [4.78, 5) is 9.33. The molecule has 21 heavy (non-hydrogen) atoms. The normalized spacial score (nSPS) is 10.7. The van der Waals surface area contributed by atoms with Crippen molar-refractivity contribution in [1.82, 2.24) is 15.1 Å². The van der Waals surface area contributed by atoms with Crippen molar-refractivity contribution in [2.45, 2.75) is 17.6 Å². The second kappa shape index (κ2) is 5.97. The van der Waals surface area contributed by atoms with Crippen molar-refractivity contribution in [3.63, 3.8) is 0 Å². The summed E-state index contributed by atoms with van der Waals surface area (Å²) in [7, 11) is 0. The number of hydrogen-bond acceptors (Lipinski definition) is 6. The van der Waals surface area contributed by atoms with Gasteiger partial charge in [-0.15, -0.1) is 11.8 Å². The molecule has 2 N–H and O–H groups in total. The Kier molecular flexibility index (Phi) is 3.87. The predicted octanol–water partition coefficient (Wildman–Crippen LogP) is 3.31. The lowest BCUT2D eigenvalue weighted by molar-refractivity contribution is 0.425. The summed E-state index contributed by atoms with van der Waals surface area (Å²) < 4.78 is 5.29. The number of aromatic nitrogens is 3. The molecule has 106 valence electrons. The van der Waals surface area contributed by atoms with Crippen LogP contribution < -0.4 is 5.73 Å². The number of anilines is 1. The van der Waals surface area contributed by atoms with Crippen LogP contribution in [0.1, 0.15) is 11.4 Å². The smallest absolute Gasteiger partial charge is 0.257 e. The summed E-state index contributed by atoms with van der Waals surface area (Å²) in [6, 6.07) is 9.86. The van der Waals surface area contributed by atoms with Gasteiger partial charge in [0.15, 0.2) is 5.82 Å². The molecule has 0 aliphatic carbocycles. The van der Waals surface area contributed by atoms with Crippen LogP contribution in [0.3, 0.4) is 0 Å². The Balaban J connectivity index is 1.71. The fourth-order valence-corrected chi connectivity index (χ4v) is 2.57. The summed E-state index contributed by atoms with van der Waals surface area (Å²) in [5, 5.41) is 4.00. The zero-order valence-electron chi connectivity index (χ0n) is 11.5. The highest BCUT2D eigenvalue weighted by Gasteiger charge is 2.09. The number of hydrogen-bond donors (Lipinski definition) is 1. The molecule has 0 aliphatic heterocycles. The van der Waals surface area contributed by atoms with Crippen LogP contribution in [0.25, 0.3) is 11.5 Å². The first kappa shape index (κ1) is 13.6. The van der Waals surface area contributed by atoms with Gasteiger partial charge in [0.25, 0.3) is 5.89 Å². The molecule has 0 saturated carbocycles. The Morgan fingerprint density at radius 1 is 1.19 bits per heavy atom. The van der Waals surface area contributed by atoms with Gasteiger partial charge in [0.1, 0.15) is 0 Å². The van der Waals surface area contributed by atoms with Crippen molar-refractivity contribution in [2.24, 2.45) is 0 Å². The second-order valence-corrected chi connectivity index (χ2v) is 5.60. The molecule has 3 rings (SSSR count). The van der Waals surface area contributed by atoms with Crippen molar-refractivity contribution in [1.29, 1.82) is 0 Å². The van der Waals surface area contributed by atoms with Crippen molar-refractivity contribution >= 4 is 17.4 Å². The molecule has 0 spiro atoms. The van der Waals surface area contributed by atoms with Gasteiger partial charge in [0.05, 0.1) is 17.6 Å². The van der Waals surface area contributed by atoms with Crippen LogP contribution >= 0.6 is 11.8 Å². The van der Waals surface area contributed by atoms with Crippen LogP contribution in [-0.4, -0.2) is 15.1 Å². The van der Waals surface area contributed by atoms with Crippen molar-refractivity contribution in [2.75, 3.05) is 5.73 Å². The van der Waals surface area contributed by atoms with Crippen LogP contribution in [0, 0.1) is 6.92 Å². The molecular weight excluding hydrogens is 284 g/mol. The summed E-state index contributed by atoms with van der Waals surface area (Å²) in [5.41, 5.74) is 8.63. The average molecular weight is 298 g/mol. The van der Waals surface area contributed by atoms with Gasteiger partial charge in [-0.25, -0.2) is 0 Å². The lowest BCUT2D eigenvalue weighted by atomic mass is 10.1. The lowest BCUT2D eigenvalue weighted by Crippen LogP contribution is -1.90. The number of aryl methyl sites for hydroxylation is 1. The number of nitrogens with zero attached hydrogens (tertiary/aromatic N) is 3. The lowest BCUT2D eigenvalue weighted by Gasteiger charge is -2.01. The van der Waals surface area contributed by atoms with Crippen LogP contribution in [0.5, 0.6) is 0 Å². The number of nitrogen functional groups attached to an aromatic ring is 1. The van der Waals surface area contributed by atoms with E-state index in [0.717, 1.165) is 10.5 Å². The number of thioether (sulfide) groups is 1. The topological polar surface area (TPSA) is 77.8 Å². The maximum atomic E-state index is 5.85. The second-order valence-electron chi connectivity index (χ2n) is 4.58. The van der Waals surface area contributed by atoms with Gasteiger partial charge in [0.2, 0.25) is 0 Å². The highest BCUT2D eigenvalue weighted by molar-refractivity contribution is 7.98. The molecule has 0 radical (unpaired) electrons. The Labute approximate surface area is 126 Å². The summed E-state index contributed by atoms with van der Waals surface area (Å²) in [6.07, 6.45) is 3.35.